The molecule has 0 bridgehead atoms. The molecular weight excluding hydrogens is 240 g/mol. The Kier molecular flexibility index (Phi) is 4.22. The van der Waals surface area contributed by atoms with Crippen LogP contribution >= 0.6 is 0 Å². The van der Waals surface area contributed by atoms with Crippen LogP contribution in [-0.4, -0.2) is 30.2 Å². The summed E-state index contributed by atoms with van der Waals surface area (Å²) in [6, 6.07) is 10.2. The molecule has 0 saturated heterocycles. The lowest BCUT2D eigenvalue weighted by molar-refractivity contribution is -0.122. The molecule has 0 radical (unpaired) electrons. The van der Waals surface area contributed by atoms with Crippen molar-refractivity contribution in [1.29, 1.82) is 0 Å². The first-order chi connectivity index (χ1) is 9.11. The Bertz CT molecular complexity index is 575. The lowest BCUT2D eigenvalue weighted by Crippen LogP contribution is -2.37. The molecule has 1 N–H and O–H groups in total. The number of aromatic nitrogens is 1. The molecule has 0 unspecified atom stereocenters. The molecule has 19 heavy (non-hydrogen) atoms. The molecule has 0 spiro atoms. The summed E-state index contributed by atoms with van der Waals surface area (Å²) in [4.78, 5) is 12.0. The SMILES string of the molecule is COC[C@H](C)NC(=O)Cn1c(C)cc2ccccc21. The first-order valence-corrected chi connectivity index (χ1v) is 6.45. The number of nitrogens with zero attached hydrogens (tertiary/aromatic N) is 1. The van der Waals surface area contributed by atoms with Crippen molar-refractivity contribution in [3.05, 3.63) is 36.0 Å². The van der Waals surface area contributed by atoms with Crippen molar-refractivity contribution in [1.82, 2.24) is 9.88 Å². The fourth-order valence-corrected chi connectivity index (χ4v) is 2.31. The molecule has 0 aliphatic rings. The topological polar surface area (TPSA) is 43.3 Å². The summed E-state index contributed by atoms with van der Waals surface area (Å²) < 4.78 is 7.04. The van der Waals surface area contributed by atoms with Gasteiger partial charge in [0.25, 0.3) is 0 Å². The number of para-hydroxylation sites is 1. The number of hydrogen-bond acceptors (Lipinski definition) is 2. The molecule has 4 heteroatoms. The molecule has 1 atom stereocenters. The van der Waals surface area contributed by atoms with Gasteiger partial charge in [0, 0.05) is 24.4 Å². The average Bonchev–Trinajstić information content (AvgIpc) is 2.66. The number of fused-ring (bicyclic) bond motifs is 1. The molecule has 2 aromatic rings. The molecule has 2 rings (SSSR count). The highest BCUT2D eigenvalue weighted by Gasteiger charge is 2.11. The second-order valence-electron chi connectivity index (χ2n) is 4.85. The van der Waals surface area contributed by atoms with Crippen molar-refractivity contribution in [2.75, 3.05) is 13.7 Å². The van der Waals surface area contributed by atoms with E-state index in [1.165, 1.54) is 0 Å². The number of aryl methyl sites for hydroxylation is 1. The Balaban J connectivity index is 2.13. The van der Waals surface area contributed by atoms with E-state index in [0.29, 0.717) is 13.2 Å². The number of rotatable bonds is 5. The summed E-state index contributed by atoms with van der Waals surface area (Å²) in [5.74, 6) is 0.00834. The molecule has 1 heterocycles. The van der Waals surface area contributed by atoms with E-state index in [9.17, 15) is 4.79 Å². The van der Waals surface area contributed by atoms with Crippen molar-refractivity contribution in [2.45, 2.75) is 26.4 Å². The van der Waals surface area contributed by atoms with Crippen LogP contribution in [0.5, 0.6) is 0 Å². The Hall–Kier alpha value is -1.81. The largest absolute Gasteiger partial charge is 0.383 e. The van der Waals surface area contributed by atoms with E-state index in [-0.39, 0.29) is 11.9 Å². The third-order valence-electron chi connectivity index (χ3n) is 3.14. The van der Waals surface area contributed by atoms with Crippen molar-refractivity contribution in [2.24, 2.45) is 0 Å². The van der Waals surface area contributed by atoms with Gasteiger partial charge >= 0.3 is 0 Å². The van der Waals surface area contributed by atoms with E-state index in [0.717, 1.165) is 16.6 Å². The number of carbonyl (C=O) groups excluding carboxylic acids is 1. The van der Waals surface area contributed by atoms with Crippen LogP contribution in [0, 0.1) is 6.92 Å². The normalized spacial score (nSPS) is 12.6. The van der Waals surface area contributed by atoms with E-state index in [2.05, 4.69) is 17.4 Å². The second-order valence-corrected chi connectivity index (χ2v) is 4.85. The predicted octanol–water partition coefficient (Wildman–Crippen LogP) is 2.10. The Morgan fingerprint density at radius 1 is 1.42 bits per heavy atom. The van der Waals surface area contributed by atoms with Crippen LogP contribution in [0.2, 0.25) is 0 Å². The molecule has 1 amide bonds. The van der Waals surface area contributed by atoms with E-state index in [1.807, 2.05) is 36.6 Å². The van der Waals surface area contributed by atoms with Crippen LogP contribution in [0.15, 0.2) is 30.3 Å². The first kappa shape index (κ1) is 13.6. The number of benzene rings is 1. The summed E-state index contributed by atoms with van der Waals surface area (Å²) in [6.07, 6.45) is 0. The minimum absolute atomic E-state index is 0.00834. The molecule has 0 saturated carbocycles. The number of carbonyl (C=O) groups is 1. The van der Waals surface area contributed by atoms with Crippen LogP contribution in [-0.2, 0) is 16.1 Å². The molecule has 1 aromatic carbocycles. The Morgan fingerprint density at radius 2 is 2.16 bits per heavy atom. The Morgan fingerprint density at radius 3 is 2.89 bits per heavy atom. The van der Waals surface area contributed by atoms with Crippen LogP contribution < -0.4 is 5.32 Å². The number of nitrogens with one attached hydrogen (secondary N) is 1. The van der Waals surface area contributed by atoms with Gasteiger partial charge in [0.05, 0.1) is 6.61 Å². The highest BCUT2D eigenvalue weighted by molar-refractivity contribution is 5.84. The summed E-state index contributed by atoms with van der Waals surface area (Å²) in [5, 5.41) is 4.09. The van der Waals surface area contributed by atoms with Gasteiger partial charge in [0.1, 0.15) is 6.54 Å². The predicted molar refractivity (Wildman–Crippen MR) is 76.2 cm³/mol. The molecule has 0 aliphatic carbocycles. The zero-order chi connectivity index (χ0) is 13.8. The van der Waals surface area contributed by atoms with Gasteiger partial charge in [0.2, 0.25) is 5.91 Å². The van der Waals surface area contributed by atoms with Gasteiger partial charge in [0.15, 0.2) is 0 Å². The van der Waals surface area contributed by atoms with Crippen LogP contribution in [0.4, 0.5) is 0 Å². The molecule has 102 valence electrons. The third kappa shape index (κ3) is 3.15. The minimum atomic E-state index is 0.00834. The lowest BCUT2D eigenvalue weighted by Gasteiger charge is -2.14. The zero-order valence-electron chi connectivity index (χ0n) is 11.6. The van der Waals surface area contributed by atoms with Gasteiger partial charge in [-0.2, -0.15) is 0 Å². The van der Waals surface area contributed by atoms with Gasteiger partial charge in [-0.1, -0.05) is 18.2 Å². The molecule has 0 aliphatic heterocycles. The lowest BCUT2D eigenvalue weighted by atomic mass is 10.2. The van der Waals surface area contributed by atoms with E-state index < -0.39 is 0 Å². The summed E-state index contributed by atoms with van der Waals surface area (Å²) in [6.45, 7) is 4.82. The van der Waals surface area contributed by atoms with E-state index in [1.54, 1.807) is 7.11 Å². The van der Waals surface area contributed by atoms with Gasteiger partial charge in [-0.25, -0.2) is 0 Å². The fraction of sp³-hybridized carbons (Fsp3) is 0.400. The van der Waals surface area contributed by atoms with E-state index in [4.69, 9.17) is 4.74 Å². The van der Waals surface area contributed by atoms with Crippen molar-refractivity contribution in [3.8, 4) is 0 Å². The number of amides is 1. The summed E-state index contributed by atoms with van der Waals surface area (Å²) >= 11 is 0. The zero-order valence-corrected chi connectivity index (χ0v) is 11.6. The Labute approximate surface area is 113 Å². The van der Waals surface area contributed by atoms with Crippen LogP contribution in [0.25, 0.3) is 10.9 Å². The number of ether oxygens (including phenoxy) is 1. The highest BCUT2D eigenvalue weighted by atomic mass is 16.5. The first-order valence-electron chi connectivity index (χ1n) is 6.45. The van der Waals surface area contributed by atoms with Gasteiger partial charge in [-0.15, -0.1) is 0 Å². The maximum Gasteiger partial charge on any atom is 0.240 e. The van der Waals surface area contributed by atoms with Crippen molar-refractivity contribution < 1.29 is 9.53 Å². The van der Waals surface area contributed by atoms with Gasteiger partial charge in [-0.3, -0.25) is 4.79 Å². The quantitative estimate of drug-likeness (QED) is 0.894. The van der Waals surface area contributed by atoms with Crippen molar-refractivity contribution in [3.63, 3.8) is 0 Å². The third-order valence-corrected chi connectivity index (χ3v) is 3.14. The average molecular weight is 260 g/mol. The monoisotopic (exact) mass is 260 g/mol. The molecule has 1 aromatic heterocycles. The molecule has 0 fully saturated rings. The maximum atomic E-state index is 12.0. The summed E-state index contributed by atoms with van der Waals surface area (Å²) in [7, 11) is 1.63. The van der Waals surface area contributed by atoms with Gasteiger partial charge in [-0.05, 0) is 31.4 Å². The molecular formula is C15H20N2O2. The second kappa shape index (κ2) is 5.89. The summed E-state index contributed by atoms with van der Waals surface area (Å²) in [5.41, 5.74) is 2.19. The molecule has 4 nitrogen and oxygen atoms in total. The maximum absolute atomic E-state index is 12.0. The minimum Gasteiger partial charge on any atom is -0.383 e. The smallest absolute Gasteiger partial charge is 0.240 e. The van der Waals surface area contributed by atoms with Crippen molar-refractivity contribution >= 4 is 16.8 Å². The van der Waals surface area contributed by atoms with Crippen LogP contribution in [0.1, 0.15) is 12.6 Å². The van der Waals surface area contributed by atoms with Gasteiger partial charge < -0.3 is 14.6 Å². The number of methoxy groups -OCH3 is 1. The highest BCUT2D eigenvalue weighted by Crippen LogP contribution is 2.18. The fourth-order valence-electron chi connectivity index (χ4n) is 2.31. The van der Waals surface area contributed by atoms with E-state index >= 15 is 0 Å². The number of hydrogen-bond donors (Lipinski definition) is 1. The van der Waals surface area contributed by atoms with Crippen LogP contribution in [0.3, 0.4) is 0 Å². The standard InChI is InChI=1S/C15H20N2O2/c1-11(10-19-3)16-15(18)9-17-12(2)8-13-6-4-5-7-14(13)17/h4-8,11H,9-10H2,1-3H3,(H,16,18)/t11-/m0/s1.